The van der Waals surface area contributed by atoms with Crippen molar-refractivity contribution in [1.29, 1.82) is 0 Å². The lowest BCUT2D eigenvalue weighted by molar-refractivity contribution is 0.00578. The zero-order valence-electron chi connectivity index (χ0n) is 25.9. The van der Waals surface area contributed by atoms with Gasteiger partial charge in [-0.05, 0) is 108 Å². The average molecular weight is 674 g/mol. The van der Waals surface area contributed by atoms with Crippen LogP contribution in [0, 0.1) is 5.82 Å². The quantitative estimate of drug-likeness (QED) is 0.237. The maximum atomic E-state index is 16.4. The van der Waals surface area contributed by atoms with Crippen molar-refractivity contribution in [2.75, 3.05) is 7.05 Å². The van der Waals surface area contributed by atoms with Gasteiger partial charge in [-0.15, -0.1) is 16.1 Å². The van der Waals surface area contributed by atoms with Crippen molar-refractivity contribution in [2.45, 2.75) is 110 Å². The molecule has 0 radical (unpaired) electrons. The van der Waals surface area contributed by atoms with E-state index in [4.69, 9.17) is 14.0 Å². The van der Waals surface area contributed by atoms with Gasteiger partial charge in [-0.2, -0.15) is 0 Å². The minimum Gasteiger partial charge on any atom is -0.598 e. The fourth-order valence-electron chi connectivity index (χ4n) is 4.28. The molecule has 12 heteroatoms. The lowest BCUT2D eigenvalue weighted by atomic mass is 9.74. The Morgan fingerprint density at radius 3 is 2.27 bits per heavy atom. The van der Waals surface area contributed by atoms with Gasteiger partial charge in [0.25, 0.3) is 0 Å². The molecule has 1 aliphatic rings. The van der Waals surface area contributed by atoms with E-state index in [1.54, 1.807) is 51.3 Å². The summed E-state index contributed by atoms with van der Waals surface area (Å²) < 4.78 is 51.3. The minimum absolute atomic E-state index is 0.0555. The molecule has 7 nitrogen and oxygen atoms in total. The molecule has 0 aliphatic carbocycles. The van der Waals surface area contributed by atoms with Crippen LogP contribution in [0.4, 0.5) is 9.18 Å². The summed E-state index contributed by atoms with van der Waals surface area (Å²) >= 11 is 3.56. The smallest absolute Gasteiger partial charge is 0.495 e. The monoisotopic (exact) mass is 672 g/mol. The van der Waals surface area contributed by atoms with Crippen LogP contribution in [-0.4, -0.2) is 51.3 Å². The van der Waals surface area contributed by atoms with Crippen LogP contribution in [0.1, 0.15) is 91.3 Å². The van der Waals surface area contributed by atoms with Crippen LogP contribution in [0.25, 0.3) is 0 Å². The number of thiophene rings is 1. The SMILES string of the molecule is C[C@@H](N[S@@+]([O-])C(C)(C)Cc1ccc(B2OC(C)(C)C(C)(C)O2)c(CN(C)C(=O)OC(C)(C)C)c1F)c1ccc(Br)s1. The number of carbonyl (C=O) groups is 1. The number of hydrogen-bond acceptors (Lipinski definition) is 7. The third kappa shape index (κ3) is 8.28. The molecule has 0 spiro atoms. The second kappa shape index (κ2) is 12.5. The third-order valence-electron chi connectivity index (χ3n) is 7.39. The summed E-state index contributed by atoms with van der Waals surface area (Å²) in [7, 11) is 0.752. The second-order valence-electron chi connectivity index (χ2n) is 13.2. The lowest BCUT2D eigenvalue weighted by Crippen LogP contribution is -2.45. The molecule has 0 unspecified atom stereocenters. The maximum absolute atomic E-state index is 16.4. The molecule has 1 fully saturated rings. The van der Waals surface area contributed by atoms with Crippen molar-refractivity contribution in [3.8, 4) is 0 Å². The number of nitrogens with zero attached hydrogens (tertiary/aromatic N) is 1. The van der Waals surface area contributed by atoms with E-state index < -0.39 is 51.9 Å². The zero-order chi connectivity index (χ0) is 31.1. The minimum atomic E-state index is -1.48. The van der Waals surface area contributed by atoms with E-state index in [-0.39, 0.29) is 24.6 Å². The fourth-order valence-corrected chi connectivity index (χ4v) is 6.83. The first-order valence-electron chi connectivity index (χ1n) is 13.7. The van der Waals surface area contributed by atoms with Crippen molar-refractivity contribution < 1.29 is 27.8 Å². The Morgan fingerprint density at radius 1 is 1.17 bits per heavy atom. The number of hydrogen-bond donors (Lipinski definition) is 1. The standard InChI is InChI=1S/C29H43BBrFN2O5S2/c1-18(22-14-15-23(31)40-22)33-41(36)27(5,6)16-19-12-13-21(30-38-28(7,8)29(9,10)39-30)20(24(19)32)17-34(11)25(35)37-26(2,3)4/h12-15,18,33H,16-17H2,1-11H3/t18-,41+/m1/s1. The van der Waals surface area contributed by atoms with E-state index in [2.05, 4.69) is 20.7 Å². The molecular weight excluding hydrogens is 630 g/mol. The van der Waals surface area contributed by atoms with Gasteiger partial charge in [0.2, 0.25) is 0 Å². The summed E-state index contributed by atoms with van der Waals surface area (Å²) in [5.74, 6) is -0.479. The number of nitrogens with one attached hydrogen (secondary N) is 1. The first-order valence-corrected chi connectivity index (χ1v) is 16.4. The molecule has 1 aromatic carbocycles. The van der Waals surface area contributed by atoms with Gasteiger partial charge in [-0.1, -0.05) is 12.1 Å². The highest BCUT2D eigenvalue weighted by Crippen LogP contribution is 2.37. The summed E-state index contributed by atoms with van der Waals surface area (Å²) in [6.45, 7) is 18.7. The predicted molar refractivity (Wildman–Crippen MR) is 169 cm³/mol. The van der Waals surface area contributed by atoms with Gasteiger partial charge in [-0.3, -0.25) is 0 Å². The molecular formula is C29H43BBrFN2O5S2. The molecule has 1 N–H and O–H groups in total. The number of carbonyl (C=O) groups excluding carboxylic acids is 1. The molecule has 228 valence electrons. The number of benzene rings is 1. The van der Waals surface area contributed by atoms with Crippen LogP contribution in [0.3, 0.4) is 0 Å². The molecule has 1 amide bonds. The molecule has 0 bridgehead atoms. The lowest BCUT2D eigenvalue weighted by Gasteiger charge is -2.32. The summed E-state index contributed by atoms with van der Waals surface area (Å²) in [6, 6.07) is 7.29. The van der Waals surface area contributed by atoms with Gasteiger partial charge >= 0.3 is 13.2 Å². The molecule has 41 heavy (non-hydrogen) atoms. The van der Waals surface area contributed by atoms with Gasteiger partial charge in [0, 0.05) is 35.3 Å². The van der Waals surface area contributed by atoms with E-state index in [1.807, 2.05) is 60.6 Å². The molecule has 2 aromatic rings. The van der Waals surface area contributed by atoms with Crippen LogP contribution >= 0.6 is 27.3 Å². The van der Waals surface area contributed by atoms with E-state index in [0.29, 0.717) is 11.0 Å². The van der Waals surface area contributed by atoms with Gasteiger partial charge in [0.1, 0.15) is 16.2 Å². The van der Waals surface area contributed by atoms with E-state index in [1.165, 1.54) is 4.90 Å². The number of rotatable bonds is 9. The molecule has 3 rings (SSSR count). The largest absolute Gasteiger partial charge is 0.598 e. The van der Waals surface area contributed by atoms with Gasteiger partial charge < -0.3 is 23.5 Å². The Balaban J connectivity index is 1.92. The van der Waals surface area contributed by atoms with Crippen molar-refractivity contribution in [2.24, 2.45) is 0 Å². The van der Waals surface area contributed by atoms with Crippen LogP contribution in [0.5, 0.6) is 0 Å². The number of ether oxygens (including phenoxy) is 1. The molecule has 1 saturated heterocycles. The Hall–Kier alpha value is -1.15. The summed E-state index contributed by atoms with van der Waals surface area (Å²) in [4.78, 5) is 15.2. The van der Waals surface area contributed by atoms with Gasteiger partial charge in [0.05, 0.1) is 27.6 Å². The fraction of sp³-hybridized carbons (Fsp3) is 0.621. The van der Waals surface area contributed by atoms with E-state index in [9.17, 15) is 9.35 Å². The molecule has 0 saturated carbocycles. The summed E-state index contributed by atoms with van der Waals surface area (Å²) in [5.41, 5.74) is -0.766. The molecule has 2 heterocycles. The zero-order valence-corrected chi connectivity index (χ0v) is 29.2. The van der Waals surface area contributed by atoms with Crippen LogP contribution in [-0.2, 0) is 38.4 Å². The Kier molecular flexibility index (Phi) is 10.4. The molecule has 1 aliphatic heterocycles. The number of amides is 1. The van der Waals surface area contributed by atoms with Crippen LogP contribution in [0.2, 0.25) is 0 Å². The highest BCUT2D eigenvalue weighted by atomic mass is 79.9. The maximum Gasteiger partial charge on any atom is 0.495 e. The topological polar surface area (TPSA) is 83.1 Å². The predicted octanol–water partition coefficient (Wildman–Crippen LogP) is 6.65. The van der Waals surface area contributed by atoms with E-state index in [0.717, 1.165) is 8.66 Å². The van der Waals surface area contributed by atoms with Gasteiger partial charge in [0.15, 0.2) is 0 Å². The Morgan fingerprint density at radius 2 is 1.76 bits per heavy atom. The first-order chi connectivity index (χ1) is 18.6. The highest BCUT2D eigenvalue weighted by molar-refractivity contribution is 9.11. The van der Waals surface area contributed by atoms with Crippen LogP contribution < -0.4 is 10.2 Å². The third-order valence-corrected chi connectivity index (χ3v) is 10.9. The average Bonchev–Trinajstić information content (AvgIpc) is 3.34. The molecule has 2 atom stereocenters. The highest BCUT2D eigenvalue weighted by Gasteiger charge is 2.52. The van der Waals surface area contributed by atoms with Crippen molar-refractivity contribution in [1.82, 2.24) is 9.62 Å². The summed E-state index contributed by atoms with van der Waals surface area (Å²) in [5, 5.41) is 0. The first kappa shape index (κ1) is 34.3. The van der Waals surface area contributed by atoms with Crippen molar-refractivity contribution >= 4 is 57.3 Å². The Labute approximate surface area is 260 Å². The number of halogens is 2. The normalized spacial score (nSPS) is 18.3. The van der Waals surface area contributed by atoms with Crippen LogP contribution in [0.15, 0.2) is 28.1 Å². The van der Waals surface area contributed by atoms with Crippen molar-refractivity contribution in [3.63, 3.8) is 0 Å². The van der Waals surface area contributed by atoms with Gasteiger partial charge in [-0.25, -0.2) is 9.18 Å². The molecule has 1 aromatic heterocycles. The van der Waals surface area contributed by atoms with Crippen molar-refractivity contribution in [3.05, 3.63) is 49.9 Å². The second-order valence-corrected chi connectivity index (χ2v) is 17.6. The Bertz CT molecular complexity index is 1230. The summed E-state index contributed by atoms with van der Waals surface area (Å²) in [6.07, 6.45) is -0.367. The van der Waals surface area contributed by atoms with E-state index >= 15 is 4.39 Å².